The van der Waals surface area contributed by atoms with Crippen LogP contribution in [-0.2, 0) is 9.59 Å². The fraction of sp³-hybridized carbons (Fsp3) is 0.360. The monoisotopic (exact) mass is 454 g/mol. The summed E-state index contributed by atoms with van der Waals surface area (Å²) >= 11 is 7.54. The van der Waals surface area contributed by atoms with E-state index in [9.17, 15) is 9.59 Å². The number of thioether (sulfide) groups is 1. The van der Waals surface area contributed by atoms with Crippen molar-refractivity contribution >= 4 is 46.9 Å². The normalized spacial score (nSPS) is 24.7. The first-order valence-corrected chi connectivity index (χ1v) is 12.0. The Labute approximate surface area is 193 Å². The van der Waals surface area contributed by atoms with E-state index >= 15 is 0 Å². The number of rotatable bonds is 4. The van der Waals surface area contributed by atoms with Crippen molar-refractivity contribution in [3.63, 3.8) is 0 Å². The molecule has 4 nitrogen and oxygen atoms in total. The minimum atomic E-state index is -0.163. The molecule has 6 heteroatoms. The van der Waals surface area contributed by atoms with Crippen LogP contribution in [-0.4, -0.2) is 24.4 Å². The lowest BCUT2D eigenvalue weighted by atomic mass is 9.78. The van der Waals surface area contributed by atoms with Gasteiger partial charge in [-0.1, -0.05) is 74.3 Å². The molecule has 0 saturated heterocycles. The summed E-state index contributed by atoms with van der Waals surface area (Å²) in [6.07, 6.45) is 5.17. The minimum Gasteiger partial charge on any atom is -0.352 e. The molecule has 1 heterocycles. The number of nitrogens with zero attached hydrogens (tertiary/aromatic N) is 1. The van der Waals surface area contributed by atoms with E-state index in [1.54, 1.807) is 11.0 Å². The molecule has 2 aliphatic rings. The highest BCUT2D eigenvalue weighted by molar-refractivity contribution is 8.04. The SMILES string of the molecule is C[C@@H]1[C@H](C)CCC[C@@H]1NC(=O)CN1C(=O)/C(=C\c2cccc(Cl)c2)Sc2ccccc21. The molecular weight excluding hydrogens is 428 g/mol. The van der Waals surface area contributed by atoms with Gasteiger partial charge < -0.3 is 5.32 Å². The minimum absolute atomic E-state index is 0.0148. The third-order valence-corrected chi connectivity index (χ3v) is 7.65. The van der Waals surface area contributed by atoms with Crippen LogP contribution in [0.2, 0.25) is 5.02 Å². The first-order chi connectivity index (χ1) is 14.9. The molecule has 0 spiro atoms. The summed E-state index contributed by atoms with van der Waals surface area (Å²) in [6.45, 7) is 4.47. The van der Waals surface area contributed by atoms with E-state index in [0.717, 1.165) is 29.0 Å². The lowest BCUT2D eigenvalue weighted by molar-refractivity contribution is -0.123. The van der Waals surface area contributed by atoms with Gasteiger partial charge in [0.15, 0.2) is 0 Å². The van der Waals surface area contributed by atoms with Gasteiger partial charge in [0, 0.05) is 16.0 Å². The summed E-state index contributed by atoms with van der Waals surface area (Å²) in [6, 6.07) is 15.3. The Balaban J connectivity index is 1.57. The molecule has 2 aromatic carbocycles. The first-order valence-electron chi connectivity index (χ1n) is 10.8. The van der Waals surface area contributed by atoms with Crippen LogP contribution in [0.3, 0.4) is 0 Å². The Bertz CT molecular complexity index is 1020. The zero-order chi connectivity index (χ0) is 22.0. The molecule has 162 valence electrons. The first kappa shape index (κ1) is 22.0. The Kier molecular flexibility index (Phi) is 6.73. The molecule has 0 radical (unpaired) electrons. The molecule has 1 saturated carbocycles. The summed E-state index contributed by atoms with van der Waals surface area (Å²) in [5.74, 6) is 0.767. The fourth-order valence-electron chi connectivity index (χ4n) is 4.35. The van der Waals surface area contributed by atoms with Gasteiger partial charge in [-0.25, -0.2) is 0 Å². The third-order valence-electron chi connectivity index (χ3n) is 6.33. The summed E-state index contributed by atoms with van der Waals surface area (Å²) in [7, 11) is 0. The largest absolute Gasteiger partial charge is 0.352 e. The quantitative estimate of drug-likeness (QED) is 0.597. The number of halogens is 1. The highest BCUT2D eigenvalue weighted by Gasteiger charge is 2.32. The third kappa shape index (κ3) is 4.99. The number of hydrogen-bond donors (Lipinski definition) is 1. The summed E-state index contributed by atoms with van der Waals surface area (Å²) in [4.78, 5) is 29.4. The number of hydrogen-bond acceptors (Lipinski definition) is 3. The zero-order valence-corrected chi connectivity index (χ0v) is 19.4. The van der Waals surface area contributed by atoms with Crippen molar-refractivity contribution < 1.29 is 9.59 Å². The van der Waals surface area contributed by atoms with Gasteiger partial charge in [-0.2, -0.15) is 0 Å². The molecule has 31 heavy (non-hydrogen) atoms. The average Bonchev–Trinajstić information content (AvgIpc) is 2.74. The van der Waals surface area contributed by atoms with Crippen LogP contribution >= 0.6 is 23.4 Å². The highest BCUT2D eigenvalue weighted by atomic mass is 35.5. The maximum atomic E-state index is 13.3. The fourth-order valence-corrected chi connectivity index (χ4v) is 5.61. The van der Waals surface area contributed by atoms with Gasteiger partial charge >= 0.3 is 0 Å². The summed E-state index contributed by atoms with van der Waals surface area (Å²) in [5, 5.41) is 3.81. The van der Waals surface area contributed by atoms with Gasteiger partial charge in [0.25, 0.3) is 5.91 Å². The summed E-state index contributed by atoms with van der Waals surface area (Å²) in [5.41, 5.74) is 1.64. The molecule has 2 aromatic rings. The molecule has 0 aromatic heterocycles. The second-order valence-corrected chi connectivity index (χ2v) is 9.99. The molecule has 0 unspecified atom stereocenters. The standard InChI is InChI=1S/C25H27ClN2O2S/c1-16-7-5-10-20(17(16)2)27-24(29)15-28-21-11-3-4-12-22(21)31-23(25(28)30)14-18-8-6-9-19(26)13-18/h3-4,6,8-9,11-14,16-17,20H,5,7,10,15H2,1-2H3,(H,27,29)/b23-14+/t16-,17-,20+/m1/s1. The van der Waals surface area contributed by atoms with Crippen LogP contribution in [0.15, 0.2) is 58.3 Å². The predicted molar refractivity (Wildman–Crippen MR) is 128 cm³/mol. The van der Waals surface area contributed by atoms with Gasteiger partial charge in [-0.3, -0.25) is 14.5 Å². The molecule has 4 rings (SSSR count). The van der Waals surface area contributed by atoms with Crippen molar-refractivity contribution in [3.8, 4) is 0 Å². The van der Waals surface area contributed by atoms with Gasteiger partial charge in [0.1, 0.15) is 6.54 Å². The Morgan fingerprint density at radius 1 is 1.19 bits per heavy atom. The predicted octanol–water partition coefficient (Wildman–Crippen LogP) is 5.76. The van der Waals surface area contributed by atoms with E-state index in [1.165, 1.54) is 18.2 Å². The van der Waals surface area contributed by atoms with Crippen LogP contribution in [0.25, 0.3) is 6.08 Å². The number of para-hydroxylation sites is 1. The van der Waals surface area contributed by atoms with E-state index < -0.39 is 0 Å². The van der Waals surface area contributed by atoms with Crippen molar-refractivity contribution in [2.24, 2.45) is 11.8 Å². The zero-order valence-electron chi connectivity index (χ0n) is 17.8. The van der Waals surface area contributed by atoms with Crippen LogP contribution < -0.4 is 10.2 Å². The van der Waals surface area contributed by atoms with E-state index in [2.05, 4.69) is 19.2 Å². The maximum Gasteiger partial charge on any atom is 0.265 e. The lowest BCUT2D eigenvalue weighted by Crippen LogP contribution is -2.49. The van der Waals surface area contributed by atoms with E-state index in [-0.39, 0.29) is 24.4 Å². The molecule has 1 aliphatic heterocycles. The lowest BCUT2D eigenvalue weighted by Gasteiger charge is -2.35. The molecule has 3 atom stereocenters. The van der Waals surface area contributed by atoms with E-state index in [4.69, 9.17) is 11.6 Å². The van der Waals surface area contributed by atoms with Crippen LogP contribution in [0.4, 0.5) is 5.69 Å². The smallest absolute Gasteiger partial charge is 0.265 e. The van der Waals surface area contributed by atoms with E-state index in [1.807, 2.05) is 48.5 Å². The number of carbonyl (C=O) groups is 2. The van der Waals surface area contributed by atoms with Crippen molar-refractivity contribution in [1.29, 1.82) is 0 Å². The Hall–Kier alpha value is -2.24. The molecule has 2 amide bonds. The number of nitrogens with one attached hydrogen (secondary N) is 1. The van der Waals surface area contributed by atoms with Gasteiger partial charge in [0.05, 0.1) is 10.6 Å². The van der Waals surface area contributed by atoms with Crippen molar-refractivity contribution in [2.45, 2.75) is 44.0 Å². The number of fused-ring (bicyclic) bond motifs is 1. The molecular formula is C25H27ClN2O2S. The number of benzene rings is 2. The number of anilines is 1. The second-order valence-electron chi connectivity index (χ2n) is 8.47. The summed E-state index contributed by atoms with van der Waals surface area (Å²) < 4.78 is 0. The van der Waals surface area contributed by atoms with Crippen LogP contribution in [0.5, 0.6) is 0 Å². The molecule has 1 aliphatic carbocycles. The number of amides is 2. The van der Waals surface area contributed by atoms with Crippen molar-refractivity contribution in [3.05, 3.63) is 64.0 Å². The Morgan fingerprint density at radius 2 is 2.00 bits per heavy atom. The molecule has 0 bridgehead atoms. The topological polar surface area (TPSA) is 49.4 Å². The van der Waals surface area contributed by atoms with Crippen LogP contribution in [0.1, 0.15) is 38.7 Å². The molecule has 1 fully saturated rings. The van der Waals surface area contributed by atoms with Gasteiger partial charge in [-0.15, -0.1) is 0 Å². The molecule has 1 N–H and O–H groups in total. The average molecular weight is 455 g/mol. The highest BCUT2D eigenvalue weighted by Crippen LogP contribution is 2.42. The van der Waals surface area contributed by atoms with Crippen LogP contribution in [0, 0.1) is 11.8 Å². The van der Waals surface area contributed by atoms with Crippen molar-refractivity contribution in [1.82, 2.24) is 5.32 Å². The van der Waals surface area contributed by atoms with E-state index in [0.29, 0.717) is 21.8 Å². The van der Waals surface area contributed by atoms with Gasteiger partial charge in [0.2, 0.25) is 5.91 Å². The Morgan fingerprint density at radius 3 is 2.81 bits per heavy atom. The number of carbonyl (C=O) groups excluding carboxylic acids is 2. The van der Waals surface area contributed by atoms with Gasteiger partial charge in [-0.05, 0) is 54.2 Å². The maximum absolute atomic E-state index is 13.3. The van der Waals surface area contributed by atoms with Crippen molar-refractivity contribution in [2.75, 3.05) is 11.4 Å². The second kappa shape index (κ2) is 9.49.